The molecule has 0 fully saturated rings. The molecule has 6 bridgehead atoms. The Labute approximate surface area is 317 Å². The van der Waals surface area contributed by atoms with Gasteiger partial charge in [-0.15, -0.1) is 0 Å². The summed E-state index contributed by atoms with van der Waals surface area (Å²) in [4.78, 5) is 17.0. The van der Waals surface area contributed by atoms with Crippen LogP contribution in [0, 0.1) is 44.0 Å². The molecule has 11 heteroatoms. The monoisotopic (exact) mass is 764 g/mol. The molecule has 0 saturated heterocycles. The van der Waals surface area contributed by atoms with Crippen LogP contribution in [0.4, 0.5) is 17.6 Å². The second-order valence-electron chi connectivity index (χ2n) is 13.9. The summed E-state index contributed by atoms with van der Waals surface area (Å²) >= 11 is 0. The number of benzene rings is 4. The Kier molecular flexibility index (Phi) is 7.60. The predicted octanol–water partition coefficient (Wildman–Crippen LogP) is 12.3. The highest BCUT2D eigenvalue weighted by Crippen LogP contribution is 2.41. The average molecular weight is 765 g/mol. The number of aromatic nitrogens is 4. The molecular weight excluding hydrogens is 735 g/mol. The molecular formula is C45H29F4N4O2P. The third-order valence-electron chi connectivity index (χ3n) is 10.7. The Hall–Kier alpha value is -6.51. The number of aryl methyl sites for hydroxylation is 2. The molecule has 2 N–H and O–H groups in total. The molecule has 10 rings (SSSR count). The molecule has 56 heavy (non-hydrogen) atoms. The number of nitrogens with one attached hydrogen (secondary N) is 2. The van der Waals surface area contributed by atoms with Crippen LogP contribution in [0.1, 0.15) is 28.1 Å². The van der Waals surface area contributed by atoms with E-state index in [0.29, 0.717) is 61.0 Å². The molecule has 1 atom stereocenters. The van der Waals surface area contributed by atoms with Gasteiger partial charge < -0.3 is 18.8 Å². The lowest BCUT2D eigenvalue weighted by Gasteiger charge is -2.06. The van der Waals surface area contributed by atoms with Crippen molar-refractivity contribution in [2.24, 2.45) is 0 Å². The zero-order chi connectivity index (χ0) is 38.6. The molecule has 6 heterocycles. The van der Waals surface area contributed by atoms with Crippen LogP contribution in [-0.2, 0) is 0 Å². The van der Waals surface area contributed by atoms with E-state index < -0.39 is 39.5 Å². The van der Waals surface area contributed by atoms with Crippen molar-refractivity contribution in [2.45, 2.75) is 20.8 Å². The van der Waals surface area contributed by atoms with E-state index in [-0.39, 0.29) is 22.3 Å². The van der Waals surface area contributed by atoms with E-state index in [9.17, 15) is 0 Å². The molecule has 1 unspecified atom stereocenters. The minimum atomic E-state index is -1.38. The van der Waals surface area contributed by atoms with E-state index in [1.807, 2.05) is 94.2 Å². The van der Waals surface area contributed by atoms with Crippen LogP contribution in [0.5, 0.6) is 0 Å². The number of nitrogens with zero attached hydrogens (tertiary/aromatic N) is 2. The molecule has 274 valence electrons. The molecule has 1 aliphatic rings. The van der Waals surface area contributed by atoms with Gasteiger partial charge in [-0.1, -0.05) is 69.9 Å². The minimum Gasteiger partial charge on any atom is -0.437 e. The summed E-state index contributed by atoms with van der Waals surface area (Å²) in [6.45, 7) is 5.10. The smallest absolute Gasteiger partial charge is 0.232 e. The summed E-state index contributed by atoms with van der Waals surface area (Å²) in [5, 5.41) is -0.219. The summed E-state index contributed by atoms with van der Waals surface area (Å²) in [6, 6.07) is 26.8. The maximum absolute atomic E-state index is 16.1. The fourth-order valence-corrected chi connectivity index (χ4v) is 8.11. The van der Waals surface area contributed by atoms with Gasteiger partial charge in [0.2, 0.25) is 11.4 Å². The Bertz CT molecular complexity index is 3130. The third-order valence-corrected chi connectivity index (χ3v) is 11.2. The zero-order valence-corrected chi connectivity index (χ0v) is 31.2. The van der Waals surface area contributed by atoms with Crippen molar-refractivity contribution in [3.05, 3.63) is 136 Å². The van der Waals surface area contributed by atoms with Gasteiger partial charge in [0.15, 0.2) is 23.0 Å². The fraction of sp³-hybridized carbons (Fsp3) is 0.0667. The lowest BCUT2D eigenvalue weighted by atomic mass is 10.00. The summed E-state index contributed by atoms with van der Waals surface area (Å²) in [6.07, 6.45) is 3.88. The van der Waals surface area contributed by atoms with Crippen LogP contribution in [0.25, 0.3) is 101 Å². The highest BCUT2D eigenvalue weighted by molar-refractivity contribution is 7.27. The summed E-state index contributed by atoms with van der Waals surface area (Å²) in [7, 11) is 1.90. The third kappa shape index (κ3) is 4.92. The topological polar surface area (TPSA) is 83.6 Å². The lowest BCUT2D eigenvalue weighted by Crippen LogP contribution is -2.08. The molecule has 0 saturated carbocycles. The number of hydrogen-bond donors (Lipinski definition) is 2. The first-order chi connectivity index (χ1) is 27.1. The molecule has 0 radical (unpaired) electrons. The fourth-order valence-electron chi connectivity index (χ4n) is 7.85. The minimum absolute atomic E-state index is 0.0114. The number of halogens is 4. The second kappa shape index (κ2) is 12.5. The molecule has 6 nitrogen and oxygen atoms in total. The van der Waals surface area contributed by atoms with Gasteiger partial charge in [0.1, 0.15) is 11.4 Å². The Morgan fingerprint density at radius 3 is 1.54 bits per heavy atom. The van der Waals surface area contributed by atoms with Crippen molar-refractivity contribution in [1.29, 1.82) is 0 Å². The van der Waals surface area contributed by atoms with Crippen molar-refractivity contribution in [2.75, 3.05) is 0 Å². The number of rotatable bonds is 2. The Morgan fingerprint density at radius 2 is 0.982 bits per heavy atom. The van der Waals surface area contributed by atoms with Gasteiger partial charge in [0.25, 0.3) is 0 Å². The Morgan fingerprint density at radius 1 is 0.482 bits per heavy atom. The number of hydrogen-bond acceptors (Lipinski definition) is 4. The quantitative estimate of drug-likeness (QED) is 0.104. The van der Waals surface area contributed by atoms with Crippen molar-refractivity contribution in [3.8, 4) is 22.3 Å². The maximum Gasteiger partial charge on any atom is 0.232 e. The first-order valence-corrected chi connectivity index (χ1v) is 18.4. The van der Waals surface area contributed by atoms with Gasteiger partial charge in [-0.3, -0.25) is 0 Å². The maximum atomic E-state index is 16.1. The van der Waals surface area contributed by atoms with Gasteiger partial charge in [0, 0.05) is 32.9 Å². The van der Waals surface area contributed by atoms with Gasteiger partial charge >= 0.3 is 0 Å². The van der Waals surface area contributed by atoms with Crippen molar-refractivity contribution < 1.29 is 26.4 Å². The first kappa shape index (κ1) is 34.0. The van der Waals surface area contributed by atoms with Gasteiger partial charge in [0.05, 0.1) is 38.6 Å². The van der Waals surface area contributed by atoms with Crippen molar-refractivity contribution >= 4 is 92.9 Å². The number of fused-ring (bicyclic) bond motifs is 14. The normalized spacial score (nSPS) is 12.2. The lowest BCUT2D eigenvalue weighted by molar-refractivity contribution is 0.508. The Balaban J connectivity index is 1.51. The van der Waals surface area contributed by atoms with E-state index >= 15 is 17.6 Å². The van der Waals surface area contributed by atoms with Crippen LogP contribution in [0.3, 0.4) is 0 Å². The zero-order valence-electron chi connectivity index (χ0n) is 30.0. The SMILES string of the molecule is Cc1c(F)c(C)c2c(oc3nc4oc5c(F)c(P)c(F)c(F)c5c4c4ccc([nH]4)c(-c4ccccc4)c4nc(c(-c5ccccc5)c5ccc([nH]5)c32)C=C4)c1C. The van der Waals surface area contributed by atoms with E-state index in [1.54, 1.807) is 32.9 Å². The highest BCUT2D eigenvalue weighted by atomic mass is 31.0. The standard InChI is InChI=1S/C45H29F4N4O2P/c1-20-21(2)41-31(22(3)37(20)46)34-29-18-16-27(51-29)32(23-10-6-4-7-11-23)25-14-15-26(50-25)33(24-12-8-5-9-13-24)28-17-19-30(52-28)35-36-38(47)39(48)43(56)40(49)42(36)55-45(35)53-44(34)54-41/h4-19,51-52H,56H2,1-3H3. The van der Waals surface area contributed by atoms with Gasteiger partial charge in [-0.2, -0.15) is 4.98 Å². The highest BCUT2D eigenvalue weighted by Gasteiger charge is 2.26. The molecule has 0 spiro atoms. The van der Waals surface area contributed by atoms with E-state index in [4.69, 9.17) is 18.8 Å². The largest absolute Gasteiger partial charge is 0.437 e. The predicted molar refractivity (Wildman–Crippen MR) is 219 cm³/mol. The van der Waals surface area contributed by atoms with E-state index in [0.717, 1.165) is 22.3 Å². The van der Waals surface area contributed by atoms with Gasteiger partial charge in [-0.25, -0.2) is 22.5 Å². The molecule has 1 aliphatic heterocycles. The van der Waals surface area contributed by atoms with Crippen LogP contribution < -0.4 is 5.30 Å². The van der Waals surface area contributed by atoms with Crippen LogP contribution >= 0.6 is 9.24 Å². The van der Waals surface area contributed by atoms with Crippen LogP contribution in [-0.4, -0.2) is 19.9 Å². The summed E-state index contributed by atoms with van der Waals surface area (Å²) in [5.41, 5.74) is 7.63. The molecule has 9 aromatic rings. The van der Waals surface area contributed by atoms with Crippen LogP contribution in [0.15, 0.2) is 93.8 Å². The second-order valence-corrected chi connectivity index (χ2v) is 14.5. The number of aromatic amines is 2. The number of furan rings is 2. The van der Waals surface area contributed by atoms with E-state index in [2.05, 4.69) is 9.97 Å². The van der Waals surface area contributed by atoms with Crippen molar-refractivity contribution in [3.63, 3.8) is 0 Å². The van der Waals surface area contributed by atoms with Crippen LogP contribution in [0.2, 0.25) is 0 Å². The molecule has 5 aromatic heterocycles. The average Bonchev–Trinajstić information content (AvgIpc) is 4.07. The summed E-state index contributed by atoms with van der Waals surface area (Å²) < 4.78 is 75.8. The molecule has 0 amide bonds. The number of H-pyrrole nitrogens is 2. The van der Waals surface area contributed by atoms with Crippen molar-refractivity contribution in [1.82, 2.24) is 19.9 Å². The first-order valence-electron chi connectivity index (χ1n) is 17.8. The molecule has 4 aromatic carbocycles. The molecule has 0 aliphatic carbocycles. The summed E-state index contributed by atoms with van der Waals surface area (Å²) in [5.74, 6) is -4.18. The van der Waals surface area contributed by atoms with E-state index in [1.165, 1.54) is 0 Å². The van der Waals surface area contributed by atoms with Gasteiger partial charge in [-0.05, 0) is 85.0 Å².